The number of carboxylic acid groups (broad SMARTS) is 1. The molecule has 0 aromatic heterocycles. The maximum atomic E-state index is 12.4. The van der Waals surface area contributed by atoms with E-state index in [2.05, 4.69) is 37.2 Å². The fourth-order valence-electron chi connectivity index (χ4n) is 2.72. The molecule has 0 unspecified atom stereocenters. The molecule has 0 aliphatic carbocycles. The van der Waals surface area contributed by atoms with E-state index in [1.807, 2.05) is 6.07 Å². The van der Waals surface area contributed by atoms with Gasteiger partial charge < -0.3 is 15.2 Å². The summed E-state index contributed by atoms with van der Waals surface area (Å²) in [4.78, 5) is 23.8. The van der Waals surface area contributed by atoms with Crippen LogP contribution in [-0.2, 0) is 14.3 Å². The van der Waals surface area contributed by atoms with Crippen molar-refractivity contribution in [1.29, 1.82) is 0 Å². The first kappa shape index (κ1) is 14.7. The summed E-state index contributed by atoms with van der Waals surface area (Å²) in [5.74, 6) is -2.91. The number of nitrogens with one attached hydrogen (secondary N) is 1. The lowest BCUT2D eigenvalue weighted by atomic mass is 9.82. The second kappa shape index (κ2) is 5.55. The van der Waals surface area contributed by atoms with Crippen LogP contribution in [0.2, 0.25) is 0 Å². The average Bonchev–Trinajstić information content (AvgIpc) is 3.02. The molecule has 1 fully saturated rings. The third kappa shape index (κ3) is 2.65. The highest BCUT2D eigenvalue weighted by Gasteiger charge is 2.53. The number of fused-ring (bicyclic) bond motifs is 2. The Balaban J connectivity index is 1.82. The molecule has 2 aliphatic heterocycles. The minimum atomic E-state index is -1.01. The number of aliphatic carboxylic acids is 1. The van der Waals surface area contributed by atoms with Crippen molar-refractivity contribution in [3.8, 4) is 0 Å². The van der Waals surface area contributed by atoms with Gasteiger partial charge in [-0.05, 0) is 34.1 Å². The van der Waals surface area contributed by atoms with Crippen LogP contribution in [0.3, 0.4) is 0 Å². The van der Waals surface area contributed by atoms with E-state index in [1.165, 1.54) is 0 Å². The first-order valence-electron chi connectivity index (χ1n) is 6.30. The number of carbonyl (C=O) groups excluding carboxylic acids is 1. The molecule has 1 aromatic rings. The van der Waals surface area contributed by atoms with Crippen LogP contribution < -0.4 is 5.32 Å². The molecule has 1 aromatic carbocycles. The number of rotatable bonds is 3. The van der Waals surface area contributed by atoms with Crippen molar-refractivity contribution < 1.29 is 19.4 Å². The highest BCUT2D eigenvalue weighted by molar-refractivity contribution is 9.11. The van der Waals surface area contributed by atoms with Gasteiger partial charge in [0.05, 0.1) is 23.8 Å². The van der Waals surface area contributed by atoms with Crippen LogP contribution >= 0.6 is 31.9 Å². The smallest absolute Gasteiger partial charge is 0.310 e. The second-order valence-corrected chi connectivity index (χ2v) is 6.72. The molecule has 2 heterocycles. The van der Waals surface area contributed by atoms with E-state index in [9.17, 15) is 14.7 Å². The molecule has 21 heavy (non-hydrogen) atoms. The molecule has 5 nitrogen and oxygen atoms in total. The highest BCUT2D eigenvalue weighted by atomic mass is 79.9. The largest absolute Gasteiger partial charge is 0.481 e. The third-order valence-electron chi connectivity index (χ3n) is 3.68. The summed E-state index contributed by atoms with van der Waals surface area (Å²) in [6.07, 6.45) is 2.48. The van der Waals surface area contributed by atoms with E-state index in [0.717, 1.165) is 8.95 Å². The molecule has 3 rings (SSSR count). The molecule has 110 valence electrons. The number of benzene rings is 1. The van der Waals surface area contributed by atoms with Crippen LogP contribution in [-0.4, -0.2) is 29.2 Å². The van der Waals surface area contributed by atoms with Crippen molar-refractivity contribution in [2.45, 2.75) is 12.2 Å². The van der Waals surface area contributed by atoms with Gasteiger partial charge in [-0.25, -0.2) is 0 Å². The predicted octanol–water partition coefficient (Wildman–Crippen LogP) is 2.80. The van der Waals surface area contributed by atoms with Crippen molar-refractivity contribution in [3.63, 3.8) is 0 Å². The second-order valence-electron chi connectivity index (χ2n) is 4.95. The summed E-state index contributed by atoms with van der Waals surface area (Å²) < 4.78 is 7.09. The number of anilines is 1. The number of ether oxygens (including phenoxy) is 1. The normalized spacial score (nSPS) is 29.6. The molecule has 0 saturated carbocycles. The first-order valence-corrected chi connectivity index (χ1v) is 7.88. The predicted molar refractivity (Wildman–Crippen MR) is 82.9 cm³/mol. The molecule has 4 atom stereocenters. The minimum Gasteiger partial charge on any atom is -0.481 e. The van der Waals surface area contributed by atoms with E-state index < -0.39 is 30.0 Å². The molecule has 2 aliphatic rings. The van der Waals surface area contributed by atoms with Crippen LogP contribution in [0.15, 0.2) is 39.3 Å². The van der Waals surface area contributed by atoms with Crippen LogP contribution in [0, 0.1) is 11.8 Å². The average molecular weight is 417 g/mol. The number of hydrogen-bond acceptors (Lipinski definition) is 3. The van der Waals surface area contributed by atoms with Gasteiger partial charge in [-0.1, -0.05) is 28.1 Å². The zero-order valence-electron chi connectivity index (χ0n) is 10.6. The fourth-order valence-corrected chi connectivity index (χ4v) is 3.87. The molecule has 1 saturated heterocycles. The van der Waals surface area contributed by atoms with Gasteiger partial charge in [0.15, 0.2) is 0 Å². The van der Waals surface area contributed by atoms with Crippen molar-refractivity contribution in [3.05, 3.63) is 39.3 Å². The summed E-state index contributed by atoms with van der Waals surface area (Å²) in [7, 11) is 0. The number of hydrogen-bond donors (Lipinski definition) is 2. The van der Waals surface area contributed by atoms with Gasteiger partial charge in [0.2, 0.25) is 5.91 Å². The first-order chi connectivity index (χ1) is 9.97. The molecule has 2 bridgehead atoms. The Hall–Kier alpha value is -1.18. The third-order valence-corrected chi connectivity index (χ3v) is 4.83. The summed E-state index contributed by atoms with van der Waals surface area (Å²) in [6.45, 7) is 0. The zero-order valence-corrected chi connectivity index (χ0v) is 13.8. The van der Waals surface area contributed by atoms with E-state index in [4.69, 9.17) is 4.74 Å². The Morgan fingerprint density at radius 1 is 1.14 bits per heavy atom. The molecule has 1 amide bonds. The monoisotopic (exact) mass is 415 g/mol. The van der Waals surface area contributed by atoms with Crippen LogP contribution in [0.5, 0.6) is 0 Å². The summed E-state index contributed by atoms with van der Waals surface area (Å²) in [5.41, 5.74) is 0.596. The maximum Gasteiger partial charge on any atom is 0.310 e. The Kier molecular flexibility index (Phi) is 3.90. The van der Waals surface area contributed by atoms with Gasteiger partial charge in [0.1, 0.15) is 5.92 Å². The van der Waals surface area contributed by atoms with Crippen molar-refractivity contribution in [2.24, 2.45) is 11.8 Å². The minimum absolute atomic E-state index is 0.345. The fraction of sp³-hybridized carbons (Fsp3) is 0.286. The summed E-state index contributed by atoms with van der Waals surface area (Å²) >= 11 is 6.70. The Bertz CT molecular complexity index is 646. The van der Waals surface area contributed by atoms with E-state index >= 15 is 0 Å². The summed E-state index contributed by atoms with van der Waals surface area (Å²) in [6, 6.07) is 5.35. The van der Waals surface area contributed by atoms with Gasteiger partial charge in [-0.15, -0.1) is 0 Å². The van der Waals surface area contributed by atoms with E-state index in [0.29, 0.717) is 5.69 Å². The van der Waals surface area contributed by atoms with Crippen LogP contribution in [0.25, 0.3) is 0 Å². The summed E-state index contributed by atoms with van der Waals surface area (Å²) in [5, 5.41) is 12.1. The number of carbonyl (C=O) groups is 2. The Morgan fingerprint density at radius 3 is 2.43 bits per heavy atom. The van der Waals surface area contributed by atoms with Crippen molar-refractivity contribution in [2.75, 3.05) is 5.32 Å². The molecular formula is C14H11Br2NO4. The highest BCUT2D eigenvalue weighted by Crippen LogP contribution is 2.40. The quantitative estimate of drug-likeness (QED) is 0.743. The van der Waals surface area contributed by atoms with E-state index in [1.54, 1.807) is 24.3 Å². The van der Waals surface area contributed by atoms with Gasteiger partial charge in [0, 0.05) is 8.95 Å². The molecular weight excluding hydrogens is 406 g/mol. The Morgan fingerprint density at radius 2 is 1.81 bits per heavy atom. The van der Waals surface area contributed by atoms with Gasteiger partial charge in [-0.3, -0.25) is 9.59 Å². The van der Waals surface area contributed by atoms with E-state index in [-0.39, 0.29) is 5.91 Å². The lowest BCUT2D eigenvalue weighted by molar-refractivity contribution is -0.145. The van der Waals surface area contributed by atoms with Crippen molar-refractivity contribution >= 4 is 49.4 Å². The Labute approximate surface area is 137 Å². The zero-order chi connectivity index (χ0) is 15.1. The van der Waals surface area contributed by atoms with Crippen LogP contribution in [0.1, 0.15) is 0 Å². The van der Waals surface area contributed by atoms with Gasteiger partial charge in [0.25, 0.3) is 0 Å². The number of amides is 1. The maximum absolute atomic E-state index is 12.4. The number of carboxylic acids is 1. The van der Waals surface area contributed by atoms with Crippen LogP contribution in [0.4, 0.5) is 5.69 Å². The SMILES string of the molecule is O=C(Nc1ccc(Br)cc1Br)[C@@H]1[C@H](C(=O)O)[C@@H]2C=C[C@H]1O2. The van der Waals surface area contributed by atoms with Crippen molar-refractivity contribution in [1.82, 2.24) is 0 Å². The standard InChI is InChI=1S/C14H11Br2NO4/c15-6-1-2-8(7(16)5-6)17-13(18)11-9-3-4-10(21-9)12(11)14(19)20/h1-5,9-12H,(H,17,18)(H,19,20)/t9-,10+,11+,12-/m1/s1. The lowest BCUT2D eigenvalue weighted by Gasteiger charge is -2.21. The van der Waals surface area contributed by atoms with Gasteiger partial charge in [-0.2, -0.15) is 0 Å². The lowest BCUT2D eigenvalue weighted by Crippen LogP contribution is -2.39. The molecule has 2 N–H and O–H groups in total. The van der Waals surface area contributed by atoms with Gasteiger partial charge >= 0.3 is 5.97 Å². The topological polar surface area (TPSA) is 75.6 Å². The molecule has 0 radical (unpaired) electrons. The number of halogens is 2. The molecule has 7 heteroatoms. The molecule has 0 spiro atoms.